The monoisotopic (exact) mass is 446 g/mol. The fraction of sp³-hybridized carbons (Fsp3) is 0.250. The summed E-state index contributed by atoms with van der Waals surface area (Å²) in [6.07, 6.45) is 8.97. The lowest BCUT2D eigenvalue weighted by Gasteiger charge is -2.22. The van der Waals surface area contributed by atoms with E-state index in [4.69, 9.17) is 9.97 Å². The van der Waals surface area contributed by atoms with Crippen molar-refractivity contribution in [3.05, 3.63) is 71.6 Å². The van der Waals surface area contributed by atoms with Crippen molar-refractivity contribution < 1.29 is 0 Å². The normalized spacial score (nSPS) is 14.9. The molecule has 0 amide bonds. The predicted molar refractivity (Wildman–Crippen MR) is 123 cm³/mol. The summed E-state index contributed by atoms with van der Waals surface area (Å²) < 4.78 is 3.26. The van der Waals surface area contributed by atoms with E-state index in [9.17, 15) is 0 Å². The summed E-state index contributed by atoms with van der Waals surface area (Å²) >= 11 is 3.54. The van der Waals surface area contributed by atoms with Crippen LogP contribution in [0, 0.1) is 0 Å². The molecule has 146 valence electrons. The Morgan fingerprint density at radius 3 is 2.24 bits per heavy atom. The molecule has 1 saturated heterocycles. The largest absolute Gasteiger partial charge is 0.356 e. The van der Waals surface area contributed by atoms with E-state index in [1.807, 2.05) is 0 Å². The fourth-order valence-electron chi connectivity index (χ4n) is 4.20. The molecule has 4 nitrogen and oxygen atoms in total. The summed E-state index contributed by atoms with van der Waals surface area (Å²) in [7, 11) is 0. The van der Waals surface area contributed by atoms with Gasteiger partial charge in [-0.05, 0) is 42.7 Å². The highest BCUT2D eigenvalue weighted by molar-refractivity contribution is 9.10. The van der Waals surface area contributed by atoms with Gasteiger partial charge in [-0.3, -0.25) is 0 Å². The maximum Gasteiger partial charge on any atom is 0.150 e. The summed E-state index contributed by atoms with van der Waals surface area (Å²) in [5.74, 6) is 1.06. The summed E-state index contributed by atoms with van der Waals surface area (Å²) in [6, 6.07) is 18.9. The van der Waals surface area contributed by atoms with Crippen LogP contribution in [0.15, 0.2) is 71.6 Å². The number of anilines is 1. The molecule has 2 aromatic carbocycles. The molecule has 0 N–H and O–H groups in total. The zero-order chi connectivity index (χ0) is 19.6. The molecule has 0 spiro atoms. The number of rotatable bonds is 3. The second kappa shape index (κ2) is 7.99. The lowest BCUT2D eigenvalue weighted by Crippen LogP contribution is -2.25. The zero-order valence-electron chi connectivity index (χ0n) is 16.3. The molecule has 0 aliphatic carbocycles. The molecule has 0 atom stereocenters. The summed E-state index contributed by atoms with van der Waals surface area (Å²) in [4.78, 5) is 11.9. The van der Waals surface area contributed by atoms with E-state index in [0.717, 1.165) is 40.1 Å². The van der Waals surface area contributed by atoms with Gasteiger partial charge >= 0.3 is 0 Å². The Labute approximate surface area is 179 Å². The average molecular weight is 447 g/mol. The molecule has 0 bridgehead atoms. The SMILES string of the molecule is Brc1ccc(-n2cc(-c3ccccc3)c3c(N4CCCCCC4)ncnc32)cc1. The van der Waals surface area contributed by atoms with Crippen molar-refractivity contribution in [1.82, 2.24) is 14.5 Å². The van der Waals surface area contributed by atoms with Gasteiger partial charge < -0.3 is 9.47 Å². The van der Waals surface area contributed by atoms with Gasteiger partial charge in [0.05, 0.1) is 5.39 Å². The first kappa shape index (κ1) is 18.4. The van der Waals surface area contributed by atoms with Gasteiger partial charge in [0, 0.05) is 35.0 Å². The van der Waals surface area contributed by atoms with Gasteiger partial charge in [-0.2, -0.15) is 0 Å². The minimum Gasteiger partial charge on any atom is -0.356 e. The molecular weight excluding hydrogens is 424 g/mol. The van der Waals surface area contributed by atoms with Gasteiger partial charge in [0.2, 0.25) is 0 Å². The average Bonchev–Trinajstić information content (AvgIpc) is 2.95. The van der Waals surface area contributed by atoms with E-state index in [1.54, 1.807) is 6.33 Å². The molecule has 5 rings (SSSR count). The Morgan fingerprint density at radius 1 is 0.793 bits per heavy atom. The highest BCUT2D eigenvalue weighted by Gasteiger charge is 2.21. The first-order valence-corrected chi connectivity index (χ1v) is 11.0. The molecule has 0 radical (unpaired) electrons. The van der Waals surface area contributed by atoms with Crippen LogP contribution in [0.1, 0.15) is 25.7 Å². The Bertz CT molecular complexity index is 1110. The molecule has 2 aromatic heterocycles. The van der Waals surface area contributed by atoms with E-state index in [-0.39, 0.29) is 0 Å². The van der Waals surface area contributed by atoms with Crippen molar-refractivity contribution >= 4 is 32.8 Å². The summed E-state index contributed by atoms with van der Waals surface area (Å²) in [6.45, 7) is 2.12. The van der Waals surface area contributed by atoms with Crippen LogP contribution in [0.5, 0.6) is 0 Å². The van der Waals surface area contributed by atoms with E-state index in [1.165, 1.54) is 36.8 Å². The highest BCUT2D eigenvalue weighted by Crippen LogP contribution is 2.37. The first-order valence-electron chi connectivity index (χ1n) is 10.2. The van der Waals surface area contributed by atoms with E-state index in [2.05, 4.69) is 86.2 Å². The van der Waals surface area contributed by atoms with E-state index < -0.39 is 0 Å². The third-order valence-electron chi connectivity index (χ3n) is 5.66. The smallest absolute Gasteiger partial charge is 0.150 e. The van der Waals surface area contributed by atoms with Crippen LogP contribution in [-0.4, -0.2) is 27.6 Å². The van der Waals surface area contributed by atoms with E-state index >= 15 is 0 Å². The molecule has 4 aromatic rings. The molecule has 1 aliphatic heterocycles. The van der Waals surface area contributed by atoms with Crippen LogP contribution in [-0.2, 0) is 0 Å². The minimum atomic E-state index is 0.959. The van der Waals surface area contributed by atoms with Crippen LogP contribution >= 0.6 is 15.9 Å². The molecule has 0 unspecified atom stereocenters. The third kappa shape index (κ3) is 3.55. The van der Waals surface area contributed by atoms with Gasteiger partial charge in [0.25, 0.3) is 0 Å². The van der Waals surface area contributed by atoms with Gasteiger partial charge in [-0.25, -0.2) is 9.97 Å². The second-order valence-electron chi connectivity index (χ2n) is 7.55. The van der Waals surface area contributed by atoms with Crippen molar-refractivity contribution in [3.63, 3.8) is 0 Å². The van der Waals surface area contributed by atoms with Gasteiger partial charge in [-0.15, -0.1) is 0 Å². The molecular formula is C24H23BrN4. The quantitative estimate of drug-likeness (QED) is 0.373. The number of hydrogen-bond donors (Lipinski definition) is 0. The number of hydrogen-bond acceptors (Lipinski definition) is 3. The Hall–Kier alpha value is -2.66. The maximum atomic E-state index is 4.77. The van der Waals surface area contributed by atoms with Crippen molar-refractivity contribution in [1.29, 1.82) is 0 Å². The van der Waals surface area contributed by atoms with Crippen molar-refractivity contribution in [2.45, 2.75) is 25.7 Å². The number of nitrogens with zero attached hydrogens (tertiary/aromatic N) is 4. The fourth-order valence-corrected chi connectivity index (χ4v) is 4.47. The second-order valence-corrected chi connectivity index (χ2v) is 8.47. The highest BCUT2D eigenvalue weighted by atomic mass is 79.9. The standard InChI is InChI=1S/C24H23BrN4/c25-19-10-12-20(13-11-19)29-16-21(18-8-4-3-5-9-18)22-23(26-17-27-24(22)29)28-14-6-1-2-7-15-28/h3-5,8-13,16-17H,1-2,6-7,14-15H2. The maximum absolute atomic E-state index is 4.77. The van der Waals surface area contributed by atoms with Gasteiger partial charge in [-0.1, -0.05) is 59.1 Å². The Kier molecular flexibility index (Phi) is 5.06. The molecule has 3 heterocycles. The van der Waals surface area contributed by atoms with Crippen LogP contribution in [0.4, 0.5) is 5.82 Å². The van der Waals surface area contributed by atoms with Crippen molar-refractivity contribution in [2.75, 3.05) is 18.0 Å². The molecule has 1 aliphatic rings. The Morgan fingerprint density at radius 2 is 1.52 bits per heavy atom. The summed E-state index contributed by atoms with van der Waals surface area (Å²) in [5, 5.41) is 1.14. The number of fused-ring (bicyclic) bond motifs is 1. The number of benzene rings is 2. The van der Waals surface area contributed by atoms with E-state index in [0.29, 0.717) is 0 Å². The zero-order valence-corrected chi connectivity index (χ0v) is 17.8. The molecule has 0 saturated carbocycles. The molecule has 1 fully saturated rings. The first-order chi connectivity index (χ1) is 14.3. The molecule has 5 heteroatoms. The lowest BCUT2D eigenvalue weighted by molar-refractivity contribution is 0.726. The van der Waals surface area contributed by atoms with Crippen LogP contribution in [0.25, 0.3) is 27.8 Å². The van der Waals surface area contributed by atoms with Crippen molar-refractivity contribution in [3.8, 4) is 16.8 Å². The lowest BCUT2D eigenvalue weighted by atomic mass is 10.1. The minimum absolute atomic E-state index is 0.959. The predicted octanol–water partition coefficient (Wildman–Crippen LogP) is 6.23. The van der Waals surface area contributed by atoms with Crippen LogP contribution in [0.2, 0.25) is 0 Å². The van der Waals surface area contributed by atoms with Gasteiger partial charge in [0.15, 0.2) is 5.65 Å². The molecule has 29 heavy (non-hydrogen) atoms. The van der Waals surface area contributed by atoms with Crippen molar-refractivity contribution in [2.24, 2.45) is 0 Å². The Balaban J connectivity index is 1.75. The third-order valence-corrected chi connectivity index (χ3v) is 6.19. The number of halogens is 1. The topological polar surface area (TPSA) is 34.0 Å². The van der Waals surface area contributed by atoms with Crippen LogP contribution < -0.4 is 4.90 Å². The number of aromatic nitrogens is 3. The summed E-state index contributed by atoms with van der Waals surface area (Å²) in [5.41, 5.74) is 4.43. The van der Waals surface area contributed by atoms with Gasteiger partial charge in [0.1, 0.15) is 12.1 Å². The van der Waals surface area contributed by atoms with Crippen LogP contribution in [0.3, 0.4) is 0 Å².